The molecule has 0 aromatic heterocycles. The molecule has 0 amide bonds. The molecule has 3 aromatic rings. The molecule has 0 nitrogen and oxygen atoms in total. The fourth-order valence-electron chi connectivity index (χ4n) is 3.87. The maximum atomic E-state index is 2.53. The van der Waals surface area contributed by atoms with E-state index in [0.29, 0.717) is 5.66 Å². The summed E-state index contributed by atoms with van der Waals surface area (Å²) in [6.07, 6.45) is 8.81. The lowest BCUT2D eigenvalue weighted by molar-refractivity contribution is 0.888. The quantitative estimate of drug-likeness (QED) is 0.377. The number of rotatable bonds is 6. The van der Waals surface area contributed by atoms with Gasteiger partial charge in [-0.15, -0.1) is 0 Å². The van der Waals surface area contributed by atoms with E-state index in [1.165, 1.54) is 41.3 Å². The average molecular weight is 382 g/mol. The summed E-state index contributed by atoms with van der Waals surface area (Å²) in [5, 5.41) is 1.54. The molecular weight excluding hydrogens is 355 g/mol. The van der Waals surface area contributed by atoms with Gasteiger partial charge in [-0.1, -0.05) is 118 Å². The third kappa shape index (κ3) is 4.18. The normalized spacial score (nSPS) is 19.0. The van der Waals surface area contributed by atoms with Crippen LogP contribution in [0, 0.1) is 0 Å². The summed E-state index contributed by atoms with van der Waals surface area (Å²) in [6.45, 7) is 2.30. The number of hydrogen-bond donors (Lipinski definition) is 0. The van der Waals surface area contributed by atoms with Crippen molar-refractivity contribution in [1.29, 1.82) is 0 Å². The van der Waals surface area contributed by atoms with Gasteiger partial charge in [-0.25, -0.2) is 0 Å². The molecule has 4 rings (SSSR count). The summed E-state index contributed by atoms with van der Waals surface area (Å²) in [5.74, 6) is 0. The van der Waals surface area contributed by atoms with E-state index in [9.17, 15) is 0 Å². The Morgan fingerprint density at radius 3 is 1.89 bits per heavy atom. The van der Waals surface area contributed by atoms with Crippen molar-refractivity contribution >= 4 is 18.8 Å². The van der Waals surface area contributed by atoms with Crippen molar-refractivity contribution in [3.8, 4) is 0 Å². The Hall–Kier alpha value is -2.43. The van der Waals surface area contributed by atoms with Crippen LogP contribution in [0.2, 0.25) is 0 Å². The summed E-state index contributed by atoms with van der Waals surface area (Å²) in [6, 6.07) is 32.9. The summed E-state index contributed by atoms with van der Waals surface area (Å²) >= 11 is 0. The van der Waals surface area contributed by atoms with Crippen molar-refractivity contribution in [2.75, 3.05) is 6.16 Å². The molecule has 1 aliphatic heterocycles. The highest BCUT2D eigenvalue weighted by molar-refractivity contribution is 7.69. The van der Waals surface area contributed by atoms with Crippen molar-refractivity contribution in [2.45, 2.75) is 25.4 Å². The van der Waals surface area contributed by atoms with Gasteiger partial charge in [0.05, 0.1) is 0 Å². The van der Waals surface area contributed by atoms with Crippen LogP contribution in [-0.2, 0) is 0 Å². The van der Waals surface area contributed by atoms with Crippen LogP contribution in [0.15, 0.2) is 103 Å². The molecule has 0 aliphatic carbocycles. The molecule has 2 unspecified atom stereocenters. The molecule has 3 aromatic carbocycles. The van der Waals surface area contributed by atoms with Crippen LogP contribution < -0.4 is 0 Å². The highest BCUT2D eigenvalue weighted by Gasteiger charge is 2.29. The van der Waals surface area contributed by atoms with E-state index in [4.69, 9.17) is 0 Å². The zero-order chi connectivity index (χ0) is 19.2. The summed E-state index contributed by atoms with van der Waals surface area (Å²) in [4.78, 5) is 0. The molecular formula is C27H27P. The Labute approximate surface area is 170 Å². The minimum absolute atomic E-state index is 0.289. The standard InChI is InChI=1S/C27H27P/c1-2-3-19-28-26(23-15-9-5-10-16-23)20-25(22-13-7-4-8-14-22)21-27(28)24-17-11-6-12-18-24/h4-18,20-21,26H,2-3,19H2,1H3. The van der Waals surface area contributed by atoms with Crippen LogP contribution in [0.1, 0.15) is 42.1 Å². The average Bonchev–Trinajstić information content (AvgIpc) is 2.79. The lowest BCUT2D eigenvalue weighted by atomic mass is 10.00. The van der Waals surface area contributed by atoms with Crippen LogP contribution in [0.3, 0.4) is 0 Å². The molecule has 0 spiro atoms. The van der Waals surface area contributed by atoms with Crippen LogP contribution >= 0.6 is 7.92 Å². The van der Waals surface area contributed by atoms with Crippen molar-refractivity contribution < 1.29 is 0 Å². The van der Waals surface area contributed by atoms with Crippen molar-refractivity contribution in [1.82, 2.24) is 0 Å². The van der Waals surface area contributed by atoms with Gasteiger partial charge in [-0.05, 0) is 46.2 Å². The minimum Gasteiger partial charge on any atom is -0.0654 e. The van der Waals surface area contributed by atoms with Crippen molar-refractivity contribution in [3.63, 3.8) is 0 Å². The number of allylic oxidation sites excluding steroid dienone is 3. The van der Waals surface area contributed by atoms with E-state index < -0.39 is 0 Å². The van der Waals surface area contributed by atoms with E-state index in [0.717, 1.165) is 0 Å². The Morgan fingerprint density at radius 2 is 1.29 bits per heavy atom. The van der Waals surface area contributed by atoms with Crippen molar-refractivity contribution in [3.05, 3.63) is 120 Å². The third-order valence-corrected chi connectivity index (χ3v) is 8.27. The fraction of sp³-hybridized carbons (Fsp3) is 0.185. The lowest BCUT2D eigenvalue weighted by Crippen LogP contribution is -2.05. The highest BCUT2D eigenvalue weighted by Crippen LogP contribution is 2.65. The lowest BCUT2D eigenvalue weighted by Gasteiger charge is -2.33. The topological polar surface area (TPSA) is 0 Å². The second-order valence-corrected chi connectivity index (χ2v) is 9.71. The molecule has 0 N–H and O–H groups in total. The summed E-state index contributed by atoms with van der Waals surface area (Å²) in [5.41, 5.74) is 5.95. The Balaban J connectivity index is 1.85. The zero-order valence-electron chi connectivity index (χ0n) is 16.5. The van der Waals surface area contributed by atoms with Gasteiger partial charge < -0.3 is 0 Å². The molecule has 0 bridgehead atoms. The Kier molecular flexibility index (Phi) is 6.20. The van der Waals surface area contributed by atoms with E-state index in [-0.39, 0.29) is 7.92 Å². The van der Waals surface area contributed by atoms with E-state index in [2.05, 4.69) is 110 Å². The fourth-order valence-corrected chi connectivity index (χ4v) is 7.00. The maximum absolute atomic E-state index is 2.53. The van der Waals surface area contributed by atoms with E-state index in [1.807, 2.05) is 0 Å². The predicted octanol–water partition coefficient (Wildman–Crippen LogP) is 8.15. The molecule has 0 saturated carbocycles. The van der Waals surface area contributed by atoms with Gasteiger partial charge >= 0.3 is 0 Å². The number of benzene rings is 3. The predicted molar refractivity (Wildman–Crippen MR) is 125 cm³/mol. The smallest absolute Gasteiger partial charge is 0.0270 e. The van der Waals surface area contributed by atoms with Gasteiger partial charge in [0.1, 0.15) is 0 Å². The molecule has 1 aliphatic rings. The number of hydrogen-bond acceptors (Lipinski definition) is 0. The van der Waals surface area contributed by atoms with E-state index >= 15 is 0 Å². The molecule has 140 valence electrons. The Bertz CT molecular complexity index is 939. The second-order valence-electron chi connectivity index (χ2n) is 7.29. The molecule has 0 saturated heterocycles. The van der Waals surface area contributed by atoms with Crippen molar-refractivity contribution in [2.24, 2.45) is 0 Å². The van der Waals surface area contributed by atoms with Gasteiger partial charge in [0, 0.05) is 5.66 Å². The SMILES string of the molecule is CCCCP1C(c2ccccc2)=CC(c2ccccc2)=CC1c1ccccc1. The first-order valence-electron chi connectivity index (χ1n) is 10.2. The molecule has 0 radical (unpaired) electrons. The van der Waals surface area contributed by atoms with Crippen LogP contribution in [0.25, 0.3) is 10.9 Å². The monoisotopic (exact) mass is 382 g/mol. The summed E-state index contributed by atoms with van der Waals surface area (Å²) in [7, 11) is -0.289. The van der Waals surface area contributed by atoms with Gasteiger partial charge in [0.15, 0.2) is 0 Å². The van der Waals surface area contributed by atoms with Gasteiger partial charge in [0.25, 0.3) is 0 Å². The van der Waals surface area contributed by atoms with Crippen LogP contribution in [-0.4, -0.2) is 6.16 Å². The largest absolute Gasteiger partial charge is 0.0654 e. The zero-order valence-corrected chi connectivity index (χ0v) is 17.4. The summed E-state index contributed by atoms with van der Waals surface area (Å²) < 4.78 is 0. The molecule has 0 fully saturated rings. The minimum atomic E-state index is -0.289. The number of unbranched alkanes of at least 4 members (excludes halogenated alkanes) is 1. The first-order valence-corrected chi connectivity index (χ1v) is 11.8. The van der Waals surface area contributed by atoms with Crippen LogP contribution in [0.5, 0.6) is 0 Å². The molecule has 1 heteroatoms. The highest BCUT2D eigenvalue weighted by atomic mass is 31.1. The Morgan fingerprint density at radius 1 is 0.714 bits per heavy atom. The van der Waals surface area contributed by atoms with Gasteiger partial charge in [-0.2, -0.15) is 0 Å². The molecule has 28 heavy (non-hydrogen) atoms. The van der Waals surface area contributed by atoms with Crippen LogP contribution in [0.4, 0.5) is 0 Å². The second kappa shape index (κ2) is 9.18. The van der Waals surface area contributed by atoms with Gasteiger partial charge in [-0.3, -0.25) is 0 Å². The maximum Gasteiger partial charge on any atom is 0.0270 e. The van der Waals surface area contributed by atoms with E-state index in [1.54, 1.807) is 5.31 Å². The third-order valence-electron chi connectivity index (χ3n) is 5.35. The first kappa shape index (κ1) is 18.9. The first-order chi connectivity index (χ1) is 13.9. The van der Waals surface area contributed by atoms with Gasteiger partial charge in [0.2, 0.25) is 0 Å². The molecule has 1 heterocycles. The molecule has 2 atom stereocenters.